The first-order valence-electron chi connectivity index (χ1n) is 3.50. The Labute approximate surface area is 71.6 Å². The second-order valence-corrected chi connectivity index (χ2v) is 3.59. The quantitative estimate of drug-likeness (QED) is 0.266. The number of rotatable bonds is 6. The van der Waals surface area contributed by atoms with E-state index in [2.05, 4.69) is 14.9 Å². The van der Waals surface area contributed by atoms with Crippen molar-refractivity contribution in [1.29, 1.82) is 0 Å². The monoisotopic (exact) mass is 174 g/mol. The van der Waals surface area contributed by atoms with Crippen molar-refractivity contribution in [3.05, 3.63) is 10.4 Å². The zero-order valence-corrected chi connectivity index (χ0v) is 7.84. The molecule has 0 aliphatic heterocycles. The van der Waals surface area contributed by atoms with Crippen LogP contribution in [0, 0.1) is 0 Å². The van der Waals surface area contributed by atoms with Crippen molar-refractivity contribution >= 4 is 11.8 Å². The van der Waals surface area contributed by atoms with Crippen LogP contribution in [0.25, 0.3) is 10.4 Å². The molecule has 0 bridgehead atoms. The first-order chi connectivity index (χ1) is 5.27. The average Bonchev–Trinajstić information content (AvgIpc) is 1.96. The number of azide groups is 1. The minimum atomic E-state index is 0.606. The summed E-state index contributed by atoms with van der Waals surface area (Å²) < 4.78 is 0. The van der Waals surface area contributed by atoms with Crippen LogP contribution in [0.1, 0.15) is 0 Å². The fourth-order valence-corrected chi connectivity index (χ4v) is 1.41. The molecule has 11 heavy (non-hydrogen) atoms. The molecular formula is C6H14N4S. The Balaban J connectivity index is 2.96. The first-order valence-corrected chi connectivity index (χ1v) is 4.66. The summed E-state index contributed by atoms with van der Waals surface area (Å²) in [5.74, 6) is 2.03. The number of hydrogen-bond donors (Lipinski definition) is 0. The largest absolute Gasteiger partial charge is 0.309 e. The van der Waals surface area contributed by atoms with Crippen LogP contribution in [-0.4, -0.2) is 43.6 Å². The lowest BCUT2D eigenvalue weighted by atomic mass is 10.7. The van der Waals surface area contributed by atoms with Crippen LogP contribution in [0.2, 0.25) is 0 Å². The zero-order chi connectivity index (χ0) is 8.53. The van der Waals surface area contributed by atoms with E-state index in [0.717, 1.165) is 18.1 Å². The molecule has 5 heteroatoms. The summed E-state index contributed by atoms with van der Waals surface area (Å²) in [4.78, 5) is 4.81. The van der Waals surface area contributed by atoms with Crippen LogP contribution >= 0.6 is 11.8 Å². The summed E-state index contributed by atoms with van der Waals surface area (Å²) in [6.45, 7) is 1.69. The van der Waals surface area contributed by atoms with Gasteiger partial charge in [-0.1, -0.05) is 5.11 Å². The Bertz CT molecular complexity index is 131. The van der Waals surface area contributed by atoms with Crippen molar-refractivity contribution in [3.8, 4) is 0 Å². The third-order valence-electron chi connectivity index (χ3n) is 1.08. The van der Waals surface area contributed by atoms with Crippen molar-refractivity contribution in [2.75, 3.05) is 38.7 Å². The standard InChI is InChI=1S/C6H14N4S/c1-10(2)4-6-11-5-3-8-9-7/h3-6H2,1-2H3. The Morgan fingerprint density at radius 1 is 1.45 bits per heavy atom. The Kier molecular flexibility index (Phi) is 7.46. The molecule has 0 N–H and O–H groups in total. The van der Waals surface area contributed by atoms with E-state index in [4.69, 9.17) is 5.53 Å². The summed E-state index contributed by atoms with van der Waals surface area (Å²) in [6, 6.07) is 0. The molecular weight excluding hydrogens is 160 g/mol. The third-order valence-corrected chi connectivity index (χ3v) is 2.02. The minimum absolute atomic E-state index is 0.606. The predicted molar refractivity (Wildman–Crippen MR) is 49.9 cm³/mol. The predicted octanol–water partition coefficient (Wildman–Crippen LogP) is 1.59. The maximum atomic E-state index is 7.95. The molecule has 0 heterocycles. The van der Waals surface area contributed by atoms with Crippen molar-refractivity contribution in [3.63, 3.8) is 0 Å². The van der Waals surface area contributed by atoms with E-state index < -0.39 is 0 Å². The van der Waals surface area contributed by atoms with Gasteiger partial charge in [0.15, 0.2) is 0 Å². The lowest BCUT2D eigenvalue weighted by molar-refractivity contribution is 0.437. The van der Waals surface area contributed by atoms with Crippen LogP contribution in [0.3, 0.4) is 0 Å². The second-order valence-electron chi connectivity index (χ2n) is 2.37. The Morgan fingerprint density at radius 2 is 2.18 bits per heavy atom. The van der Waals surface area contributed by atoms with E-state index in [9.17, 15) is 0 Å². The molecule has 64 valence electrons. The number of thioether (sulfide) groups is 1. The molecule has 0 atom stereocenters. The highest BCUT2D eigenvalue weighted by molar-refractivity contribution is 7.99. The average molecular weight is 174 g/mol. The van der Waals surface area contributed by atoms with Crippen LogP contribution in [0.15, 0.2) is 5.11 Å². The van der Waals surface area contributed by atoms with E-state index >= 15 is 0 Å². The molecule has 0 aromatic carbocycles. The van der Waals surface area contributed by atoms with Crippen molar-refractivity contribution in [1.82, 2.24) is 4.90 Å². The summed E-state index contributed by atoms with van der Waals surface area (Å²) in [5, 5.41) is 3.43. The molecule has 0 amide bonds. The van der Waals surface area contributed by atoms with E-state index in [1.807, 2.05) is 25.9 Å². The van der Waals surface area contributed by atoms with E-state index in [-0.39, 0.29) is 0 Å². The van der Waals surface area contributed by atoms with Gasteiger partial charge in [-0.3, -0.25) is 0 Å². The first kappa shape index (κ1) is 10.6. The molecule has 0 saturated heterocycles. The minimum Gasteiger partial charge on any atom is -0.309 e. The topological polar surface area (TPSA) is 52.0 Å². The van der Waals surface area contributed by atoms with Crippen LogP contribution < -0.4 is 0 Å². The maximum Gasteiger partial charge on any atom is 0.0348 e. The van der Waals surface area contributed by atoms with Crippen LogP contribution in [-0.2, 0) is 0 Å². The number of hydrogen-bond acceptors (Lipinski definition) is 3. The van der Waals surface area contributed by atoms with Gasteiger partial charge in [0.1, 0.15) is 0 Å². The molecule has 0 spiro atoms. The number of nitrogens with zero attached hydrogens (tertiary/aromatic N) is 4. The summed E-state index contributed by atoms with van der Waals surface area (Å²) in [7, 11) is 4.10. The third kappa shape index (κ3) is 9.62. The summed E-state index contributed by atoms with van der Waals surface area (Å²) in [5.41, 5.74) is 7.95. The van der Waals surface area contributed by atoms with E-state index in [1.165, 1.54) is 0 Å². The van der Waals surface area contributed by atoms with Gasteiger partial charge in [0, 0.05) is 23.8 Å². The fourth-order valence-electron chi connectivity index (χ4n) is 0.499. The highest BCUT2D eigenvalue weighted by atomic mass is 32.2. The molecule has 0 aliphatic carbocycles. The highest BCUT2D eigenvalue weighted by Gasteiger charge is 1.89. The van der Waals surface area contributed by atoms with Gasteiger partial charge in [-0.2, -0.15) is 11.8 Å². The molecule has 0 aromatic rings. The lowest BCUT2D eigenvalue weighted by Crippen LogP contribution is -2.15. The van der Waals surface area contributed by atoms with Crippen molar-refractivity contribution < 1.29 is 0 Å². The molecule has 0 saturated carbocycles. The molecule has 0 unspecified atom stereocenters. The molecule has 0 radical (unpaired) electrons. The molecule has 0 rings (SSSR count). The smallest absolute Gasteiger partial charge is 0.0348 e. The van der Waals surface area contributed by atoms with Gasteiger partial charge in [-0.05, 0) is 25.4 Å². The Hall–Kier alpha value is -0.380. The maximum absolute atomic E-state index is 7.95. The normalized spacial score (nSPS) is 9.73. The van der Waals surface area contributed by atoms with Gasteiger partial charge in [0.2, 0.25) is 0 Å². The summed E-state index contributed by atoms with van der Waals surface area (Å²) >= 11 is 1.82. The van der Waals surface area contributed by atoms with Gasteiger partial charge in [-0.15, -0.1) is 0 Å². The SMILES string of the molecule is CN(C)CCSCCN=[N+]=[N-]. The lowest BCUT2D eigenvalue weighted by Gasteiger charge is -2.07. The molecule has 4 nitrogen and oxygen atoms in total. The highest BCUT2D eigenvalue weighted by Crippen LogP contribution is 1.98. The van der Waals surface area contributed by atoms with Crippen LogP contribution in [0.5, 0.6) is 0 Å². The van der Waals surface area contributed by atoms with Gasteiger partial charge >= 0.3 is 0 Å². The van der Waals surface area contributed by atoms with Gasteiger partial charge in [0.05, 0.1) is 0 Å². The second kappa shape index (κ2) is 7.72. The molecule has 0 aromatic heterocycles. The Morgan fingerprint density at radius 3 is 2.73 bits per heavy atom. The van der Waals surface area contributed by atoms with E-state index in [0.29, 0.717) is 6.54 Å². The summed E-state index contributed by atoms with van der Waals surface area (Å²) in [6.07, 6.45) is 0. The van der Waals surface area contributed by atoms with Gasteiger partial charge in [-0.25, -0.2) is 0 Å². The van der Waals surface area contributed by atoms with Gasteiger partial charge in [0.25, 0.3) is 0 Å². The zero-order valence-electron chi connectivity index (χ0n) is 7.03. The molecule has 0 fully saturated rings. The fraction of sp³-hybridized carbons (Fsp3) is 1.00. The van der Waals surface area contributed by atoms with E-state index in [1.54, 1.807) is 0 Å². The molecule has 0 aliphatic rings. The van der Waals surface area contributed by atoms with Crippen molar-refractivity contribution in [2.24, 2.45) is 5.11 Å². The van der Waals surface area contributed by atoms with Crippen LogP contribution in [0.4, 0.5) is 0 Å². The van der Waals surface area contributed by atoms with Crippen molar-refractivity contribution in [2.45, 2.75) is 0 Å². The van der Waals surface area contributed by atoms with Gasteiger partial charge < -0.3 is 4.90 Å².